The highest BCUT2D eigenvalue weighted by Gasteiger charge is 2.18. The monoisotopic (exact) mass is 416 g/mol. The van der Waals surface area contributed by atoms with Crippen LogP contribution in [0.4, 0.5) is 11.4 Å². The number of hydrogen-bond donors (Lipinski definition) is 1. The molecule has 0 fully saturated rings. The molecule has 2 aromatic carbocycles. The Balaban J connectivity index is 1.83. The third-order valence-corrected chi connectivity index (χ3v) is 3.89. The van der Waals surface area contributed by atoms with E-state index in [2.05, 4.69) is 5.32 Å². The molecule has 0 aliphatic carbocycles. The van der Waals surface area contributed by atoms with Crippen LogP contribution in [-0.4, -0.2) is 42.9 Å². The molecule has 0 heterocycles. The van der Waals surface area contributed by atoms with Crippen molar-refractivity contribution in [1.82, 2.24) is 0 Å². The Kier molecular flexibility index (Phi) is 7.86. The average molecular weight is 416 g/mol. The normalized spacial score (nSPS) is 10.1. The first kappa shape index (κ1) is 22.3. The minimum absolute atomic E-state index is 0.0101. The molecule has 158 valence electrons. The van der Waals surface area contributed by atoms with E-state index in [1.54, 1.807) is 31.2 Å². The standard InChI is InChI=1S/C20H20N2O8/c1-3-18(23)13-4-6-14(7-5-13)29-12-20(25)30-11-19(24)21-16-9-8-15(28-2)10-17(16)22(26)27/h4-10H,3,11-12H2,1-2H3,(H,21,24). The van der Waals surface area contributed by atoms with Crippen molar-refractivity contribution >= 4 is 29.0 Å². The summed E-state index contributed by atoms with van der Waals surface area (Å²) in [5, 5.41) is 13.4. The Morgan fingerprint density at radius 1 is 1.03 bits per heavy atom. The number of carbonyl (C=O) groups is 3. The molecule has 0 aliphatic rings. The molecule has 0 spiro atoms. The first-order chi connectivity index (χ1) is 14.3. The lowest BCUT2D eigenvalue weighted by Gasteiger charge is -2.09. The third kappa shape index (κ3) is 6.30. The number of ketones is 1. The molecule has 0 unspecified atom stereocenters. The SMILES string of the molecule is CCC(=O)c1ccc(OCC(=O)OCC(=O)Nc2ccc(OC)cc2[N+](=O)[O-])cc1. The number of benzene rings is 2. The summed E-state index contributed by atoms with van der Waals surface area (Å²) in [4.78, 5) is 45.7. The number of ether oxygens (including phenoxy) is 3. The van der Waals surface area contributed by atoms with Gasteiger partial charge >= 0.3 is 5.97 Å². The van der Waals surface area contributed by atoms with Crippen molar-refractivity contribution in [1.29, 1.82) is 0 Å². The Morgan fingerprint density at radius 3 is 2.30 bits per heavy atom. The predicted molar refractivity (Wildman–Crippen MR) is 106 cm³/mol. The van der Waals surface area contributed by atoms with Gasteiger partial charge in [0.05, 0.1) is 18.1 Å². The number of rotatable bonds is 10. The van der Waals surface area contributed by atoms with Crippen molar-refractivity contribution in [3.05, 3.63) is 58.1 Å². The van der Waals surface area contributed by atoms with Crippen molar-refractivity contribution in [3.8, 4) is 11.5 Å². The van der Waals surface area contributed by atoms with Crippen LogP contribution in [0.15, 0.2) is 42.5 Å². The molecule has 2 rings (SSSR count). The Bertz CT molecular complexity index is 940. The summed E-state index contributed by atoms with van der Waals surface area (Å²) in [6.45, 7) is 0.665. The van der Waals surface area contributed by atoms with Crippen LogP contribution in [0.5, 0.6) is 11.5 Å². The van der Waals surface area contributed by atoms with Crippen LogP contribution in [0.2, 0.25) is 0 Å². The second-order valence-corrected chi connectivity index (χ2v) is 5.94. The largest absolute Gasteiger partial charge is 0.496 e. The Morgan fingerprint density at radius 2 is 1.70 bits per heavy atom. The van der Waals surface area contributed by atoms with Crippen molar-refractivity contribution in [2.45, 2.75) is 13.3 Å². The van der Waals surface area contributed by atoms with Gasteiger partial charge in [-0.25, -0.2) is 4.79 Å². The van der Waals surface area contributed by atoms with E-state index in [4.69, 9.17) is 14.2 Å². The van der Waals surface area contributed by atoms with Crippen LogP contribution in [0.3, 0.4) is 0 Å². The lowest BCUT2D eigenvalue weighted by atomic mass is 10.1. The van der Waals surface area contributed by atoms with Crippen LogP contribution in [0.1, 0.15) is 23.7 Å². The van der Waals surface area contributed by atoms with Crippen LogP contribution < -0.4 is 14.8 Å². The van der Waals surface area contributed by atoms with E-state index in [0.717, 1.165) is 6.07 Å². The maximum atomic E-state index is 11.9. The second-order valence-electron chi connectivity index (χ2n) is 5.94. The maximum absolute atomic E-state index is 11.9. The first-order valence-electron chi connectivity index (χ1n) is 8.88. The molecule has 0 radical (unpaired) electrons. The lowest BCUT2D eigenvalue weighted by Crippen LogP contribution is -2.24. The zero-order chi connectivity index (χ0) is 22.1. The van der Waals surface area contributed by atoms with Gasteiger partial charge in [-0.2, -0.15) is 0 Å². The molecule has 0 aliphatic heterocycles. The molecule has 30 heavy (non-hydrogen) atoms. The number of hydrogen-bond acceptors (Lipinski definition) is 8. The van der Waals surface area contributed by atoms with Crippen molar-refractivity contribution in [2.75, 3.05) is 25.6 Å². The van der Waals surface area contributed by atoms with Crippen LogP contribution in [0, 0.1) is 10.1 Å². The van der Waals surface area contributed by atoms with Gasteiger partial charge in [-0.15, -0.1) is 0 Å². The van der Waals surface area contributed by atoms with Gasteiger partial charge < -0.3 is 19.5 Å². The summed E-state index contributed by atoms with van der Waals surface area (Å²) in [5.41, 5.74) is 0.124. The number of methoxy groups -OCH3 is 1. The van der Waals surface area contributed by atoms with E-state index in [1.807, 2.05) is 0 Å². The fraction of sp³-hybridized carbons (Fsp3) is 0.250. The zero-order valence-electron chi connectivity index (χ0n) is 16.4. The topological polar surface area (TPSA) is 134 Å². The molecule has 10 heteroatoms. The number of Topliss-reactive ketones (excluding diaryl/α,β-unsaturated/α-hetero) is 1. The lowest BCUT2D eigenvalue weighted by molar-refractivity contribution is -0.384. The number of nitrogens with one attached hydrogen (secondary N) is 1. The molecule has 0 atom stereocenters. The summed E-state index contributed by atoms with van der Waals surface area (Å²) in [7, 11) is 1.36. The molecule has 1 amide bonds. The van der Waals surface area contributed by atoms with Crippen molar-refractivity contribution < 1.29 is 33.5 Å². The van der Waals surface area contributed by atoms with E-state index in [0.29, 0.717) is 17.7 Å². The van der Waals surface area contributed by atoms with Crippen LogP contribution >= 0.6 is 0 Å². The summed E-state index contributed by atoms with van der Waals surface area (Å²) in [5.74, 6) is -0.945. The van der Waals surface area contributed by atoms with Gasteiger partial charge in [0, 0.05) is 12.0 Å². The molecule has 0 saturated heterocycles. The predicted octanol–water partition coefficient (Wildman–Crippen LogP) is 2.76. The van der Waals surface area contributed by atoms with Gasteiger partial charge in [0.15, 0.2) is 19.0 Å². The fourth-order valence-electron chi connectivity index (χ4n) is 2.35. The number of carbonyl (C=O) groups excluding carboxylic acids is 3. The summed E-state index contributed by atoms with van der Waals surface area (Å²) in [6.07, 6.45) is 0.383. The van der Waals surface area contributed by atoms with Gasteiger partial charge in [0.1, 0.15) is 17.2 Å². The number of nitrogens with zero attached hydrogens (tertiary/aromatic N) is 1. The number of nitro benzene ring substituents is 1. The second kappa shape index (κ2) is 10.6. The minimum Gasteiger partial charge on any atom is -0.496 e. The van der Waals surface area contributed by atoms with Gasteiger partial charge in [-0.05, 0) is 36.4 Å². The van der Waals surface area contributed by atoms with Crippen LogP contribution in [-0.2, 0) is 14.3 Å². The molecular weight excluding hydrogens is 396 g/mol. The Hall–Kier alpha value is -3.95. The molecule has 0 saturated carbocycles. The van der Waals surface area contributed by atoms with E-state index in [-0.39, 0.29) is 22.9 Å². The summed E-state index contributed by atoms with van der Waals surface area (Å²) >= 11 is 0. The van der Waals surface area contributed by atoms with Gasteiger partial charge in [-0.3, -0.25) is 19.7 Å². The average Bonchev–Trinajstić information content (AvgIpc) is 2.76. The van der Waals surface area contributed by atoms with Gasteiger partial charge in [0.2, 0.25) is 0 Å². The molecule has 10 nitrogen and oxygen atoms in total. The molecule has 2 aromatic rings. The quantitative estimate of drug-likeness (QED) is 0.270. The molecule has 0 aromatic heterocycles. The molecule has 0 bridgehead atoms. The number of nitro groups is 1. The molecular formula is C20H20N2O8. The fourth-order valence-corrected chi connectivity index (χ4v) is 2.35. The van der Waals surface area contributed by atoms with Crippen LogP contribution in [0.25, 0.3) is 0 Å². The highest BCUT2D eigenvalue weighted by Crippen LogP contribution is 2.28. The first-order valence-corrected chi connectivity index (χ1v) is 8.88. The highest BCUT2D eigenvalue weighted by molar-refractivity contribution is 5.96. The maximum Gasteiger partial charge on any atom is 0.344 e. The van der Waals surface area contributed by atoms with Gasteiger partial charge in [-0.1, -0.05) is 6.92 Å². The third-order valence-electron chi connectivity index (χ3n) is 3.89. The van der Waals surface area contributed by atoms with Crippen molar-refractivity contribution in [3.63, 3.8) is 0 Å². The smallest absolute Gasteiger partial charge is 0.344 e. The zero-order valence-corrected chi connectivity index (χ0v) is 16.4. The highest BCUT2D eigenvalue weighted by atomic mass is 16.6. The van der Waals surface area contributed by atoms with E-state index >= 15 is 0 Å². The van der Waals surface area contributed by atoms with E-state index < -0.39 is 30.0 Å². The van der Waals surface area contributed by atoms with E-state index in [1.165, 1.54) is 19.2 Å². The molecule has 1 N–H and O–H groups in total. The van der Waals surface area contributed by atoms with Crippen molar-refractivity contribution in [2.24, 2.45) is 0 Å². The van der Waals surface area contributed by atoms with Gasteiger partial charge in [0.25, 0.3) is 11.6 Å². The number of esters is 1. The van der Waals surface area contributed by atoms with E-state index in [9.17, 15) is 24.5 Å². The Labute approximate surface area is 171 Å². The minimum atomic E-state index is -0.803. The summed E-state index contributed by atoms with van der Waals surface area (Å²) < 4.78 is 15.0. The number of anilines is 1. The number of amides is 1. The summed E-state index contributed by atoms with van der Waals surface area (Å²) in [6, 6.07) is 10.2.